The molecule has 15 heteroatoms. The fraction of sp³-hybridized carbons (Fsp3) is 0.364. The standard InChI is InChI=1S/C33H33B2N11O2/c1-4-25-30-22(15-38-46(30)20-16-45(17-20)33(34,35)26-10-5-7-19(14-36)39-26)21-8-6-9-23(29(21)44(25)3)40-24-13-27(41-31(47)18-11-12-18)42-43-28(24)32(48)37-2/h5-10,13,15,18,20,25H,4,11-12,16-17H2,1-3H3,(H,37,48)(H2,40,41,42,47)/t25-/m0/s1. The highest BCUT2D eigenvalue weighted by Gasteiger charge is 2.42. The van der Waals surface area contributed by atoms with E-state index in [1.165, 1.54) is 7.05 Å². The predicted molar refractivity (Wildman–Crippen MR) is 182 cm³/mol. The predicted octanol–water partition coefficient (Wildman–Crippen LogP) is 2.96. The molecule has 238 valence electrons. The quantitative estimate of drug-likeness (QED) is 0.233. The molecule has 0 spiro atoms. The first-order valence-electron chi connectivity index (χ1n) is 16.0. The van der Waals surface area contributed by atoms with Crippen LogP contribution in [0.1, 0.15) is 65.8 Å². The van der Waals surface area contributed by atoms with Gasteiger partial charge in [0, 0.05) is 56.0 Å². The number of benzene rings is 1. The molecule has 0 bridgehead atoms. The van der Waals surface area contributed by atoms with Gasteiger partial charge in [-0.05, 0) is 42.8 Å². The number of rotatable bonds is 9. The summed E-state index contributed by atoms with van der Waals surface area (Å²) in [6.07, 6.45) is 4.42. The van der Waals surface area contributed by atoms with Gasteiger partial charge in [0.25, 0.3) is 5.91 Å². The topological polar surface area (TPSA) is 157 Å². The summed E-state index contributed by atoms with van der Waals surface area (Å²) in [7, 11) is 16.7. The number of nitriles is 1. The van der Waals surface area contributed by atoms with Crippen molar-refractivity contribution in [2.45, 2.75) is 43.6 Å². The Hall–Kier alpha value is -5.22. The van der Waals surface area contributed by atoms with Crippen LogP contribution in [0.4, 0.5) is 22.9 Å². The number of carbonyl (C=O) groups is 2. The first-order valence-corrected chi connectivity index (χ1v) is 16.0. The molecule has 1 aromatic carbocycles. The zero-order chi connectivity index (χ0) is 33.7. The number of nitrogens with one attached hydrogen (secondary N) is 3. The third-order valence-corrected chi connectivity index (χ3v) is 9.39. The van der Waals surface area contributed by atoms with Crippen LogP contribution in [-0.2, 0) is 10.1 Å². The molecule has 2 fully saturated rings. The molecule has 1 saturated carbocycles. The van der Waals surface area contributed by atoms with Crippen molar-refractivity contribution < 1.29 is 9.59 Å². The monoisotopic (exact) mass is 637 g/mol. The van der Waals surface area contributed by atoms with Crippen molar-refractivity contribution in [1.82, 2.24) is 35.2 Å². The minimum atomic E-state index is -1.33. The van der Waals surface area contributed by atoms with Gasteiger partial charge in [-0.1, -0.05) is 25.1 Å². The minimum absolute atomic E-state index is 0.00706. The van der Waals surface area contributed by atoms with Crippen LogP contribution >= 0.6 is 0 Å². The maximum absolute atomic E-state index is 12.8. The first kappa shape index (κ1) is 31.4. The molecule has 5 heterocycles. The number of nitrogens with zero attached hydrogens (tertiary/aromatic N) is 8. The van der Waals surface area contributed by atoms with Gasteiger partial charge in [-0.25, -0.2) is 4.98 Å². The van der Waals surface area contributed by atoms with Crippen LogP contribution < -0.4 is 20.9 Å². The number of likely N-dealkylation sites (tertiary alicyclic amines) is 1. The second kappa shape index (κ2) is 12.1. The number of pyridine rings is 1. The molecule has 7 rings (SSSR count). The van der Waals surface area contributed by atoms with Gasteiger partial charge in [0.1, 0.15) is 11.8 Å². The molecule has 1 aliphatic carbocycles. The summed E-state index contributed by atoms with van der Waals surface area (Å²) in [5.74, 6) is -0.233. The molecular weight excluding hydrogens is 604 g/mol. The van der Waals surface area contributed by atoms with E-state index < -0.39 is 11.2 Å². The van der Waals surface area contributed by atoms with E-state index in [0.717, 1.165) is 47.5 Å². The lowest BCUT2D eigenvalue weighted by molar-refractivity contribution is -0.117. The maximum atomic E-state index is 12.8. The summed E-state index contributed by atoms with van der Waals surface area (Å²) < 4.78 is 2.08. The van der Waals surface area contributed by atoms with Gasteiger partial charge in [-0.15, -0.1) is 10.2 Å². The number of amides is 2. The van der Waals surface area contributed by atoms with E-state index in [1.54, 1.807) is 24.3 Å². The largest absolute Gasteiger partial charge is 0.364 e. The molecule has 2 amide bonds. The fourth-order valence-corrected chi connectivity index (χ4v) is 6.60. The van der Waals surface area contributed by atoms with Gasteiger partial charge in [0.05, 0.1) is 56.7 Å². The van der Waals surface area contributed by atoms with Gasteiger partial charge in [-0.2, -0.15) is 10.4 Å². The minimum Gasteiger partial charge on any atom is -0.364 e. The van der Waals surface area contributed by atoms with Crippen LogP contribution in [0.25, 0.3) is 11.1 Å². The Morgan fingerprint density at radius 1 is 1.08 bits per heavy atom. The number of carbonyl (C=O) groups excluding carboxylic acids is 2. The molecule has 1 atom stereocenters. The van der Waals surface area contributed by atoms with Crippen molar-refractivity contribution in [1.29, 1.82) is 5.26 Å². The molecule has 4 radical (unpaired) electrons. The van der Waals surface area contributed by atoms with Crippen LogP contribution in [-0.4, -0.2) is 84.6 Å². The normalized spacial score (nSPS) is 17.5. The van der Waals surface area contributed by atoms with Gasteiger partial charge in [-0.3, -0.25) is 14.3 Å². The lowest BCUT2D eigenvalue weighted by Gasteiger charge is -2.50. The third kappa shape index (κ3) is 5.35. The van der Waals surface area contributed by atoms with E-state index in [9.17, 15) is 14.9 Å². The van der Waals surface area contributed by atoms with E-state index in [0.29, 0.717) is 24.5 Å². The number of para-hydroxylation sites is 1. The van der Waals surface area contributed by atoms with Crippen LogP contribution in [0.15, 0.2) is 48.7 Å². The van der Waals surface area contributed by atoms with E-state index in [4.69, 9.17) is 20.8 Å². The van der Waals surface area contributed by atoms with E-state index >= 15 is 0 Å². The number of aromatic nitrogens is 5. The van der Waals surface area contributed by atoms with E-state index in [-0.39, 0.29) is 41.1 Å². The Labute approximate surface area is 280 Å². The molecule has 48 heavy (non-hydrogen) atoms. The second-order valence-electron chi connectivity index (χ2n) is 12.5. The van der Waals surface area contributed by atoms with Crippen molar-refractivity contribution >= 4 is 50.4 Å². The van der Waals surface area contributed by atoms with E-state index in [2.05, 4.69) is 60.8 Å². The molecule has 13 nitrogen and oxygen atoms in total. The lowest BCUT2D eigenvalue weighted by Crippen LogP contribution is -2.60. The SMILES string of the molecule is [B]C([B])(c1cccc(C#N)n1)N1CC(n2ncc3c2[C@H](CC)N(C)c2c(Nc4cc(NC(=O)C5CC5)nnc4C(=O)NC)cccc2-3)C1. The Balaban J connectivity index is 1.19. The molecule has 4 aromatic rings. The van der Waals surface area contributed by atoms with Crippen molar-refractivity contribution in [3.63, 3.8) is 0 Å². The molecule has 3 aliphatic rings. The highest BCUT2D eigenvalue weighted by atomic mass is 16.2. The highest BCUT2D eigenvalue weighted by Crippen LogP contribution is 2.50. The molecule has 2 aliphatic heterocycles. The number of anilines is 4. The van der Waals surface area contributed by atoms with Crippen LogP contribution in [0.2, 0.25) is 0 Å². The summed E-state index contributed by atoms with van der Waals surface area (Å²) in [5.41, 5.74) is 6.04. The smallest absolute Gasteiger partial charge is 0.273 e. The number of hydrogen-bond acceptors (Lipinski definition) is 10. The lowest BCUT2D eigenvalue weighted by atomic mass is 9.57. The third-order valence-electron chi connectivity index (χ3n) is 9.39. The summed E-state index contributed by atoms with van der Waals surface area (Å²) in [6.45, 7) is 3.26. The first-order chi connectivity index (χ1) is 23.1. The number of hydrogen-bond donors (Lipinski definition) is 3. The van der Waals surface area contributed by atoms with Gasteiger partial charge in [0.15, 0.2) is 11.5 Å². The Morgan fingerprint density at radius 2 is 1.85 bits per heavy atom. The maximum Gasteiger partial charge on any atom is 0.273 e. The molecular formula is C33H33B2N11O2. The fourth-order valence-electron chi connectivity index (χ4n) is 6.60. The summed E-state index contributed by atoms with van der Waals surface area (Å²) in [5, 5.41) is 30.0. The van der Waals surface area contributed by atoms with Crippen LogP contribution in [0, 0.1) is 17.2 Å². The van der Waals surface area contributed by atoms with E-state index in [1.807, 2.05) is 29.3 Å². The average Bonchev–Trinajstić information content (AvgIpc) is 3.84. The summed E-state index contributed by atoms with van der Waals surface area (Å²) in [6, 6.07) is 14.8. The average molecular weight is 637 g/mol. The Morgan fingerprint density at radius 3 is 2.56 bits per heavy atom. The summed E-state index contributed by atoms with van der Waals surface area (Å²) in [4.78, 5) is 33.7. The molecule has 1 saturated heterocycles. The van der Waals surface area contributed by atoms with Crippen molar-refractivity contribution in [2.75, 3.05) is 42.7 Å². The van der Waals surface area contributed by atoms with Crippen molar-refractivity contribution in [3.8, 4) is 17.2 Å². The van der Waals surface area contributed by atoms with Crippen LogP contribution in [0.3, 0.4) is 0 Å². The van der Waals surface area contributed by atoms with Crippen molar-refractivity contribution in [2.24, 2.45) is 5.92 Å². The second-order valence-corrected chi connectivity index (χ2v) is 12.5. The van der Waals surface area contributed by atoms with Crippen molar-refractivity contribution in [3.05, 3.63) is 71.4 Å². The molecule has 3 aromatic heterocycles. The summed E-state index contributed by atoms with van der Waals surface area (Å²) >= 11 is 0. The van der Waals surface area contributed by atoms with Crippen LogP contribution in [0.5, 0.6) is 0 Å². The zero-order valence-electron chi connectivity index (χ0n) is 26.9. The molecule has 0 unspecified atom stereocenters. The van der Waals surface area contributed by atoms with Gasteiger partial charge >= 0.3 is 0 Å². The Bertz CT molecular complexity index is 1960. The number of fused-ring (bicyclic) bond motifs is 3. The molecule has 3 N–H and O–H groups in total. The Kier molecular flexibility index (Phi) is 7.91. The highest BCUT2D eigenvalue weighted by molar-refractivity contribution is 6.39. The zero-order valence-corrected chi connectivity index (χ0v) is 26.9. The van der Waals surface area contributed by atoms with Gasteiger partial charge in [0.2, 0.25) is 5.91 Å². The van der Waals surface area contributed by atoms with Gasteiger partial charge < -0.3 is 25.8 Å².